The molecule has 4 heteroatoms. The molecule has 0 saturated carbocycles. The molecule has 0 unspecified atom stereocenters. The van der Waals surface area contributed by atoms with E-state index in [0.29, 0.717) is 6.42 Å². The van der Waals surface area contributed by atoms with Gasteiger partial charge < -0.3 is 4.90 Å². The van der Waals surface area contributed by atoms with Gasteiger partial charge in [0, 0.05) is 40.3 Å². The van der Waals surface area contributed by atoms with E-state index in [1.807, 2.05) is 71.3 Å². The molecular formula is C20H19NO2S. The zero-order valence-corrected chi connectivity index (χ0v) is 14.2. The fraction of sp³-hybridized carbons (Fsp3) is 0.300. The van der Waals surface area contributed by atoms with Gasteiger partial charge in [-0.15, -0.1) is 11.8 Å². The SMILES string of the molecule is O=C1CC2(CCN(C(=O)c3ccccc3)CC2)Sc2ccccc21. The van der Waals surface area contributed by atoms with E-state index in [0.717, 1.165) is 42.0 Å². The quantitative estimate of drug-likeness (QED) is 0.788. The van der Waals surface area contributed by atoms with Crippen LogP contribution in [0.3, 0.4) is 0 Å². The van der Waals surface area contributed by atoms with Gasteiger partial charge in [0.2, 0.25) is 0 Å². The summed E-state index contributed by atoms with van der Waals surface area (Å²) in [6.07, 6.45) is 2.33. The molecule has 0 N–H and O–H groups in total. The number of amides is 1. The number of piperidine rings is 1. The third kappa shape index (κ3) is 2.75. The normalized spacial score (nSPS) is 19.2. The molecule has 2 aromatic carbocycles. The van der Waals surface area contributed by atoms with Gasteiger partial charge in [-0.1, -0.05) is 36.4 Å². The Balaban J connectivity index is 1.49. The average Bonchev–Trinajstić information content (AvgIpc) is 2.62. The van der Waals surface area contributed by atoms with Gasteiger partial charge in [-0.25, -0.2) is 0 Å². The molecule has 2 aliphatic heterocycles. The Labute approximate surface area is 146 Å². The maximum Gasteiger partial charge on any atom is 0.253 e. The van der Waals surface area contributed by atoms with Gasteiger partial charge >= 0.3 is 0 Å². The molecule has 0 radical (unpaired) electrons. The highest BCUT2D eigenvalue weighted by Gasteiger charge is 2.42. The van der Waals surface area contributed by atoms with E-state index in [1.54, 1.807) is 0 Å². The number of nitrogens with zero attached hydrogens (tertiary/aromatic N) is 1. The van der Waals surface area contributed by atoms with E-state index in [9.17, 15) is 9.59 Å². The Morgan fingerprint density at radius 2 is 1.62 bits per heavy atom. The van der Waals surface area contributed by atoms with Crippen LogP contribution in [0.25, 0.3) is 0 Å². The van der Waals surface area contributed by atoms with Gasteiger partial charge in [-0.2, -0.15) is 0 Å². The second kappa shape index (κ2) is 6.10. The van der Waals surface area contributed by atoms with Crippen molar-refractivity contribution < 1.29 is 9.59 Å². The number of hydrogen-bond donors (Lipinski definition) is 0. The Morgan fingerprint density at radius 3 is 2.38 bits per heavy atom. The second-order valence-corrected chi connectivity index (χ2v) is 8.05. The summed E-state index contributed by atoms with van der Waals surface area (Å²) in [6.45, 7) is 1.44. The van der Waals surface area contributed by atoms with Crippen molar-refractivity contribution in [2.24, 2.45) is 0 Å². The molecule has 122 valence electrons. The molecule has 0 atom stereocenters. The molecule has 2 aliphatic rings. The van der Waals surface area contributed by atoms with Crippen molar-refractivity contribution in [1.29, 1.82) is 0 Å². The van der Waals surface area contributed by atoms with Crippen molar-refractivity contribution in [3.63, 3.8) is 0 Å². The summed E-state index contributed by atoms with van der Waals surface area (Å²) in [6, 6.07) is 17.3. The largest absolute Gasteiger partial charge is 0.339 e. The smallest absolute Gasteiger partial charge is 0.253 e. The van der Waals surface area contributed by atoms with Gasteiger partial charge in [0.25, 0.3) is 5.91 Å². The molecule has 1 spiro atoms. The van der Waals surface area contributed by atoms with Crippen LogP contribution in [0.15, 0.2) is 59.5 Å². The fourth-order valence-electron chi connectivity index (χ4n) is 3.60. The number of likely N-dealkylation sites (tertiary alicyclic amines) is 1. The molecule has 1 fully saturated rings. The van der Waals surface area contributed by atoms with Crippen LogP contribution in [-0.4, -0.2) is 34.4 Å². The lowest BCUT2D eigenvalue weighted by Crippen LogP contribution is -2.47. The molecule has 2 heterocycles. The fourth-order valence-corrected chi connectivity index (χ4v) is 5.10. The van der Waals surface area contributed by atoms with Crippen LogP contribution in [0.1, 0.15) is 40.0 Å². The molecule has 0 bridgehead atoms. The van der Waals surface area contributed by atoms with Gasteiger partial charge in [-0.3, -0.25) is 9.59 Å². The molecular weight excluding hydrogens is 318 g/mol. The standard InChI is InChI=1S/C20H19NO2S/c22-17-14-20(24-18-9-5-4-8-16(17)18)10-12-21(13-11-20)19(23)15-6-2-1-3-7-15/h1-9H,10-14H2. The number of hydrogen-bond acceptors (Lipinski definition) is 3. The third-order valence-corrected chi connectivity index (χ3v) is 6.54. The monoisotopic (exact) mass is 337 g/mol. The Bertz CT molecular complexity index is 779. The number of thioether (sulfide) groups is 1. The predicted octanol–water partition coefficient (Wildman–Crippen LogP) is 4.04. The van der Waals surface area contributed by atoms with Crippen LogP contribution in [-0.2, 0) is 0 Å². The number of fused-ring (bicyclic) bond motifs is 1. The van der Waals surface area contributed by atoms with E-state index < -0.39 is 0 Å². The molecule has 2 aromatic rings. The van der Waals surface area contributed by atoms with Crippen LogP contribution in [0, 0.1) is 0 Å². The van der Waals surface area contributed by atoms with E-state index in [-0.39, 0.29) is 16.4 Å². The minimum Gasteiger partial charge on any atom is -0.339 e. The maximum atomic E-state index is 12.6. The zero-order chi connectivity index (χ0) is 16.6. The van der Waals surface area contributed by atoms with Crippen LogP contribution in [0.4, 0.5) is 0 Å². The predicted molar refractivity (Wildman–Crippen MR) is 95.6 cm³/mol. The number of rotatable bonds is 1. The minimum atomic E-state index is -0.0428. The van der Waals surface area contributed by atoms with E-state index in [1.165, 1.54) is 0 Å². The summed E-state index contributed by atoms with van der Waals surface area (Å²) in [5, 5.41) is 0. The zero-order valence-electron chi connectivity index (χ0n) is 13.4. The number of ketones is 1. The van der Waals surface area contributed by atoms with Crippen molar-refractivity contribution in [3.05, 3.63) is 65.7 Å². The Kier molecular flexibility index (Phi) is 3.93. The first-order chi connectivity index (χ1) is 11.7. The van der Waals surface area contributed by atoms with Crippen LogP contribution >= 0.6 is 11.8 Å². The highest BCUT2D eigenvalue weighted by molar-refractivity contribution is 8.01. The number of carbonyl (C=O) groups is 2. The summed E-state index contributed by atoms with van der Waals surface area (Å²) >= 11 is 1.83. The maximum absolute atomic E-state index is 12.6. The highest BCUT2D eigenvalue weighted by atomic mass is 32.2. The summed E-state index contributed by atoms with van der Waals surface area (Å²) in [7, 11) is 0. The second-order valence-electron chi connectivity index (χ2n) is 6.54. The van der Waals surface area contributed by atoms with Crippen molar-refractivity contribution in [1.82, 2.24) is 4.90 Å². The number of Topliss-reactive ketones (excluding diaryl/α,β-unsaturated/α-hetero) is 1. The van der Waals surface area contributed by atoms with Crippen molar-refractivity contribution in [2.75, 3.05) is 13.1 Å². The third-order valence-electron chi connectivity index (χ3n) is 4.98. The Morgan fingerprint density at radius 1 is 0.958 bits per heavy atom. The summed E-state index contributed by atoms with van der Waals surface area (Å²) < 4.78 is -0.0428. The van der Waals surface area contributed by atoms with Gasteiger partial charge in [-0.05, 0) is 31.0 Å². The average molecular weight is 337 g/mol. The van der Waals surface area contributed by atoms with Crippen molar-refractivity contribution in [3.8, 4) is 0 Å². The molecule has 1 saturated heterocycles. The van der Waals surface area contributed by atoms with Gasteiger partial charge in [0.05, 0.1) is 0 Å². The lowest BCUT2D eigenvalue weighted by atomic mass is 9.88. The summed E-state index contributed by atoms with van der Waals surface area (Å²) in [4.78, 5) is 28.1. The molecule has 0 aliphatic carbocycles. The lowest BCUT2D eigenvalue weighted by molar-refractivity contribution is 0.0696. The minimum absolute atomic E-state index is 0.0428. The number of benzene rings is 2. The first-order valence-electron chi connectivity index (χ1n) is 8.32. The van der Waals surface area contributed by atoms with Crippen molar-refractivity contribution >= 4 is 23.5 Å². The van der Waals surface area contributed by atoms with E-state index >= 15 is 0 Å². The summed E-state index contributed by atoms with van der Waals surface area (Å²) in [5.41, 5.74) is 1.60. The highest BCUT2D eigenvalue weighted by Crippen LogP contribution is 2.48. The first kappa shape index (κ1) is 15.5. The first-order valence-corrected chi connectivity index (χ1v) is 9.14. The molecule has 0 aromatic heterocycles. The van der Waals surface area contributed by atoms with Crippen molar-refractivity contribution in [2.45, 2.75) is 28.9 Å². The lowest BCUT2D eigenvalue weighted by Gasteiger charge is -2.43. The van der Waals surface area contributed by atoms with Crippen LogP contribution < -0.4 is 0 Å². The molecule has 1 amide bonds. The topological polar surface area (TPSA) is 37.4 Å². The molecule has 4 rings (SSSR count). The Hall–Kier alpha value is -2.07. The number of carbonyl (C=O) groups excluding carboxylic acids is 2. The molecule has 3 nitrogen and oxygen atoms in total. The van der Waals surface area contributed by atoms with Gasteiger partial charge in [0.1, 0.15) is 0 Å². The van der Waals surface area contributed by atoms with Crippen LogP contribution in [0.2, 0.25) is 0 Å². The van der Waals surface area contributed by atoms with Gasteiger partial charge in [0.15, 0.2) is 5.78 Å². The van der Waals surface area contributed by atoms with Crippen LogP contribution in [0.5, 0.6) is 0 Å². The summed E-state index contributed by atoms with van der Waals surface area (Å²) in [5.74, 6) is 0.338. The van der Waals surface area contributed by atoms with E-state index in [4.69, 9.17) is 0 Å². The molecule has 24 heavy (non-hydrogen) atoms. The van der Waals surface area contributed by atoms with E-state index in [2.05, 4.69) is 0 Å².